The van der Waals surface area contributed by atoms with Gasteiger partial charge in [-0.3, -0.25) is 4.79 Å². The van der Waals surface area contributed by atoms with Crippen LogP contribution in [-0.4, -0.2) is 57.5 Å². The van der Waals surface area contributed by atoms with Gasteiger partial charge in [-0.1, -0.05) is 31.7 Å². The normalized spacial score (nSPS) is 19.8. The van der Waals surface area contributed by atoms with Gasteiger partial charge >= 0.3 is 0 Å². The summed E-state index contributed by atoms with van der Waals surface area (Å²) in [5, 5.41) is 6.17. The van der Waals surface area contributed by atoms with Gasteiger partial charge in [0, 0.05) is 24.8 Å². The van der Waals surface area contributed by atoms with Crippen LogP contribution >= 0.6 is 0 Å². The van der Waals surface area contributed by atoms with Gasteiger partial charge in [0.1, 0.15) is 0 Å². The molecule has 8 heteroatoms. The third kappa shape index (κ3) is 5.46. The van der Waals surface area contributed by atoms with Crippen molar-refractivity contribution in [2.75, 3.05) is 38.2 Å². The van der Waals surface area contributed by atoms with Crippen molar-refractivity contribution in [1.82, 2.24) is 9.62 Å². The second-order valence-electron chi connectivity index (χ2n) is 7.61. The van der Waals surface area contributed by atoms with E-state index in [4.69, 9.17) is 4.74 Å². The molecule has 1 saturated carbocycles. The zero-order valence-corrected chi connectivity index (χ0v) is 17.4. The van der Waals surface area contributed by atoms with Crippen LogP contribution in [-0.2, 0) is 19.6 Å². The molecule has 0 bridgehead atoms. The summed E-state index contributed by atoms with van der Waals surface area (Å²) in [6.07, 6.45) is 6.90. The molecule has 1 aromatic rings. The Labute approximate surface area is 167 Å². The number of benzene rings is 1. The number of nitrogens with one attached hydrogen (secondary N) is 2. The van der Waals surface area contributed by atoms with Crippen LogP contribution in [0.5, 0.6) is 0 Å². The van der Waals surface area contributed by atoms with Crippen molar-refractivity contribution in [2.24, 2.45) is 0 Å². The maximum absolute atomic E-state index is 13.0. The van der Waals surface area contributed by atoms with Crippen molar-refractivity contribution in [2.45, 2.75) is 56.4 Å². The highest BCUT2D eigenvalue weighted by molar-refractivity contribution is 7.89. The fourth-order valence-corrected chi connectivity index (χ4v) is 5.46. The largest absolute Gasteiger partial charge is 0.379 e. The van der Waals surface area contributed by atoms with Gasteiger partial charge in [0.25, 0.3) is 0 Å². The van der Waals surface area contributed by atoms with E-state index in [1.807, 2.05) is 6.07 Å². The molecular formula is C20H31N3O4S. The van der Waals surface area contributed by atoms with Crippen LogP contribution in [0.15, 0.2) is 23.1 Å². The quantitative estimate of drug-likeness (QED) is 0.704. The van der Waals surface area contributed by atoms with Crippen LogP contribution in [0, 0.1) is 6.92 Å². The second kappa shape index (κ2) is 9.71. The van der Waals surface area contributed by atoms with E-state index < -0.39 is 10.0 Å². The molecule has 1 aliphatic heterocycles. The Hall–Kier alpha value is -1.64. The summed E-state index contributed by atoms with van der Waals surface area (Å²) in [6, 6.07) is 5.47. The summed E-state index contributed by atoms with van der Waals surface area (Å²) in [5.74, 6) is -0.0509. The predicted octanol–water partition coefficient (Wildman–Crippen LogP) is 2.27. The Bertz CT molecular complexity index is 768. The minimum atomic E-state index is -3.57. The molecule has 0 aromatic heterocycles. The van der Waals surface area contributed by atoms with E-state index in [1.54, 1.807) is 19.1 Å². The molecule has 2 fully saturated rings. The van der Waals surface area contributed by atoms with Crippen LogP contribution in [0.4, 0.5) is 5.69 Å². The first-order valence-electron chi connectivity index (χ1n) is 10.2. The van der Waals surface area contributed by atoms with Gasteiger partial charge < -0.3 is 15.4 Å². The maximum atomic E-state index is 13.0. The standard InChI is InChI=1S/C20H31N3O4S/c1-16-8-9-18(14-19(16)28(25,26)23-10-12-27-13-11-23)21-15-20(24)22-17-6-4-2-3-5-7-17/h8-9,14,17,21H,2-7,10-13,15H2,1H3,(H,22,24). The number of amides is 1. The van der Waals surface area contributed by atoms with E-state index in [0.29, 0.717) is 37.6 Å². The molecule has 2 N–H and O–H groups in total. The molecule has 28 heavy (non-hydrogen) atoms. The number of carbonyl (C=O) groups excluding carboxylic acids is 1. The fraction of sp³-hybridized carbons (Fsp3) is 0.650. The number of carbonyl (C=O) groups is 1. The average molecular weight is 410 g/mol. The van der Waals surface area contributed by atoms with Gasteiger partial charge in [0.15, 0.2) is 0 Å². The van der Waals surface area contributed by atoms with Crippen LogP contribution < -0.4 is 10.6 Å². The van der Waals surface area contributed by atoms with E-state index in [1.165, 1.54) is 30.0 Å². The Morgan fingerprint density at radius 2 is 1.82 bits per heavy atom. The van der Waals surface area contributed by atoms with Gasteiger partial charge in [0.05, 0.1) is 24.7 Å². The lowest BCUT2D eigenvalue weighted by Crippen LogP contribution is -2.40. The SMILES string of the molecule is Cc1ccc(NCC(=O)NC2CCCCCC2)cc1S(=O)(=O)N1CCOCC1. The molecule has 0 unspecified atom stereocenters. The lowest BCUT2D eigenvalue weighted by Gasteiger charge is -2.27. The van der Waals surface area contributed by atoms with Crippen molar-refractivity contribution in [1.29, 1.82) is 0 Å². The number of aryl methyl sites for hydroxylation is 1. The summed E-state index contributed by atoms with van der Waals surface area (Å²) in [7, 11) is -3.57. The maximum Gasteiger partial charge on any atom is 0.243 e. The Kier molecular flexibility index (Phi) is 7.31. The molecule has 0 atom stereocenters. The van der Waals surface area contributed by atoms with Crippen molar-refractivity contribution >= 4 is 21.6 Å². The molecule has 2 aliphatic rings. The monoisotopic (exact) mass is 409 g/mol. The molecule has 7 nitrogen and oxygen atoms in total. The first-order chi connectivity index (χ1) is 13.5. The van der Waals surface area contributed by atoms with Crippen LogP contribution in [0.25, 0.3) is 0 Å². The number of morpholine rings is 1. The van der Waals surface area contributed by atoms with Crippen molar-refractivity contribution in [3.05, 3.63) is 23.8 Å². The molecular weight excluding hydrogens is 378 g/mol. The van der Waals surface area contributed by atoms with E-state index in [0.717, 1.165) is 12.8 Å². The number of nitrogens with zero attached hydrogens (tertiary/aromatic N) is 1. The molecule has 1 heterocycles. The van der Waals surface area contributed by atoms with Crippen LogP contribution in [0.1, 0.15) is 44.1 Å². The van der Waals surface area contributed by atoms with E-state index in [9.17, 15) is 13.2 Å². The number of hydrogen-bond donors (Lipinski definition) is 2. The fourth-order valence-electron chi connectivity index (χ4n) is 3.80. The summed E-state index contributed by atoms with van der Waals surface area (Å²) < 4.78 is 32.6. The highest BCUT2D eigenvalue weighted by atomic mass is 32.2. The third-order valence-corrected chi connectivity index (χ3v) is 7.49. The van der Waals surface area contributed by atoms with E-state index >= 15 is 0 Å². The minimum absolute atomic E-state index is 0.0509. The van der Waals surface area contributed by atoms with Gasteiger partial charge in [0.2, 0.25) is 15.9 Å². The summed E-state index contributed by atoms with van der Waals surface area (Å²) in [4.78, 5) is 12.6. The van der Waals surface area contributed by atoms with E-state index in [2.05, 4.69) is 10.6 Å². The Morgan fingerprint density at radius 1 is 1.14 bits per heavy atom. The molecule has 1 aromatic carbocycles. The average Bonchev–Trinajstić information content (AvgIpc) is 2.96. The highest BCUT2D eigenvalue weighted by Crippen LogP contribution is 2.24. The first-order valence-corrected chi connectivity index (χ1v) is 11.6. The molecule has 1 aliphatic carbocycles. The van der Waals surface area contributed by atoms with E-state index in [-0.39, 0.29) is 23.4 Å². The van der Waals surface area contributed by atoms with Gasteiger partial charge in [-0.2, -0.15) is 4.31 Å². The number of ether oxygens (including phenoxy) is 1. The summed E-state index contributed by atoms with van der Waals surface area (Å²) in [6.45, 7) is 3.48. The van der Waals surface area contributed by atoms with Crippen molar-refractivity contribution in [3.8, 4) is 0 Å². The first kappa shape index (κ1) is 21.1. The van der Waals surface area contributed by atoms with Crippen LogP contribution in [0.3, 0.4) is 0 Å². The number of sulfonamides is 1. The zero-order chi connectivity index (χ0) is 20.0. The van der Waals surface area contributed by atoms with Crippen LogP contribution in [0.2, 0.25) is 0 Å². The van der Waals surface area contributed by atoms with Crippen molar-refractivity contribution < 1.29 is 17.9 Å². The summed E-state index contributed by atoms with van der Waals surface area (Å²) >= 11 is 0. The van der Waals surface area contributed by atoms with Gasteiger partial charge in [-0.25, -0.2) is 8.42 Å². The topological polar surface area (TPSA) is 87.7 Å². The smallest absolute Gasteiger partial charge is 0.243 e. The number of hydrogen-bond acceptors (Lipinski definition) is 5. The summed E-state index contributed by atoms with van der Waals surface area (Å²) in [5.41, 5.74) is 1.33. The highest BCUT2D eigenvalue weighted by Gasteiger charge is 2.28. The zero-order valence-electron chi connectivity index (χ0n) is 16.6. The number of anilines is 1. The van der Waals surface area contributed by atoms with Gasteiger partial charge in [-0.15, -0.1) is 0 Å². The molecule has 1 saturated heterocycles. The number of rotatable bonds is 6. The molecule has 1 amide bonds. The molecule has 3 rings (SSSR count). The lowest BCUT2D eigenvalue weighted by molar-refractivity contribution is -0.120. The third-order valence-electron chi connectivity index (χ3n) is 5.45. The Morgan fingerprint density at radius 3 is 2.50 bits per heavy atom. The molecule has 156 valence electrons. The molecule has 0 radical (unpaired) electrons. The second-order valence-corrected chi connectivity index (χ2v) is 9.51. The lowest BCUT2D eigenvalue weighted by atomic mass is 10.1. The minimum Gasteiger partial charge on any atom is -0.379 e. The van der Waals surface area contributed by atoms with Gasteiger partial charge in [-0.05, 0) is 37.5 Å². The Balaban J connectivity index is 1.62. The predicted molar refractivity (Wildman–Crippen MR) is 109 cm³/mol. The molecule has 0 spiro atoms. The van der Waals surface area contributed by atoms with Crippen molar-refractivity contribution in [3.63, 3.8) is 0 Å².